The molecule has 158 valence electrons. The van der Waals surface area contributed by atoms with Crippen LogP contribution in [0.1, 0.15) is 62.7 Å². The van der Waals surface area contributed by atoms with Gasteiger partial charge < -0.3 is 20.1 Å². The molecule has 0 rings (SSSR count). The Morgan fingerprint density at radius 1 is 1.08 bits per heavy atom. The zero-order valence-corrected chi connectivity index (χ0v) is 17.7. The second kappa shape index (κ2) is 23.0. The van der Waals surface area contributed by atoms with Crippen molar-refractivity contribution < 1.29 is 21.9 Å². The van der Waals surface area contributed by atoms with Gasteiger partial charge in [-0.25, -0.2) is 0 Å². The molecule has 0 atom stereocenters. The van der Waals surface area contributed by atoms with Crippen molar-refractivity contribution in [2.75, 3.05) is 27.3 Å². The highest BCUT2D eigenvalue weighted by Gasteiger charge is 2.03. The zero-order chi connectivity index (χ0) is 20.8. The summed E-state index contributed by atoms with van der Waals surface area (Å²) >= 11 is 0. The van der Waals surface area contributed by atoms with E-state index in [-0.39, 0.29) is 20.6 Å². The fraction of sp³-hybridized carbons (Fsp3) is 0.700. The molecule has 0 unspecified atom stereocenters. The molecule has 0 aliphatic heterocycles. The molecule has 26 heavy (non-hydrogen) atoms. The Bertz CT molecular complexity index is 373. The minimum Gasteiger partial charge on any atom is -0.502 e. The smallest absolute Gasteiger partial charge is 0.308 e. The highest BCUT2D eigenvalue weighted by molar-refractivity contribution is 5.72. The third kappa shape index (κ3) is 30.0. The van der Waals surface area contributed by atoms with Crippen LogP contribution in [0.5, 0.6) is 0 Å². The number of allylic oxidation sites excluding steroid dienone is 1. The van der Waals surface area contributed by atoms with E-state index < -0.39 is 0 Å². The molecular formula is C20H44N2O4. The van der Waals surface area contributed by atoms with E-state index >= 15 is 0 Å². The molecule has 0 aliphatic carbocycles. The SMILES string of the molecule is C=C(CC)OC.C=CNCCCCCCNC(C)=O.COC(=O)C(C)C.[HH].[HH]. The molecular weight excluding hydrogens is 332 g/mol. The van der Waals surface area contributed by atoms with Crippen molar-refractivity contribution in [3.05, 3.63) is 25.1 Å². The van der Waals surface area contributed by atoms with Crippen LogP contribution in [0.15, 0.2) is 25.1 Å². The molecule has 0 saturated heterocycles. The number of nitrogens with one attached hydrogen (secondary N) is 2. The third-order valence-electron chi connectivity index (χ3n) is 3.12. The van der Waals surface area contributed by atoms with Crippen LogP contribution in [0.25, 0.3) is 0 Å². The quantitative estimate of drug-likeness (QED) is 0.320. The number of hydrogen-bond acceptors (Lipinski definition) is 5. The van der Waals surface area contributed by atoms with Crippen LogP contribution < -0.4 is 10.6 Å². The summed E-state index contributed by atoms with van der Waals surface area (Å²) < 4.78 is 9.08. The Morgan fingerprint density at radius 2 is 1.62 bits per heavy atom. The van der Waals surface area contributed by atoms with E-state index in [9.17, 15) is 9.59 Å². The van der Waals surface area contributed by atoms with Crippen molar-refractivity contribution in [2.45, 2.75) is 59.8 Å². The molecule has 0 spiro atoms. The molecule has 6 nitrogen and oxygen atoms in total. The van der Waals surface area contributed by atoms with E-state index in [2.05, 4.69) is 28.5 Å². The van der Waals surface area contributed by atoms with Gasteiger partial charge in [0.15, 0.2) is 0 Å². The Hall–Kier alpha value is -1.98. The number of esters is 1. The summed E-state index contributed by atoms with van der Waals surface area (Å²) in [6.07, 6.45) is 7.27. The molecule has 0 radical (unpaired) electrons. The summed E-state index contributed by atoms with van der Waals surface area (Å²) in [5.74, 6) is 0.758. The molecule has 1 amide bonds. The van der Waals surface area contributed by atoms with Crippen LogP contribution in [0.4, 0.5) is 0 Å². The fourth-order valence-electron chi connectivity index (χ4n) is 1.45. The average molecular weight is 377 g/mol. The van der Waals surface area contributed by atoms with E-state index in [0.717, 1.165) is 31.7 Å². The first-order valence-electron chi connectivity index (χ1n) is 9.14. The van der Waals surface area contributed by atoms with Crippen molar-refractivity contribution in [3.63, 3.8) is 0 Å². The Balaban J connectivity index is -0.000000101. The van der Waals surface area contributed by atoms with Gasteiger partial charge >= 0.3 is 5.97 Å². The van der Waals surface area contributed by atoms with Crippen LogP contribution in [0.3, 0.4) is 0 Å². The Labute approximate surface area is 163 Å². The van der Waals surface area contributed by atoms with Crippen LogP contribution in [-0.4, -0.2) is 39.2 Å². The van der Waals surface area contributed by atoms with Gasteiger partial charge in [-0.15, -0.1) is 0 Å². The largest absolute Gasteiger partial charge is 0.502 e. The molecule has 2 N–H and O–H groups in total. The first-order valence-corrected chi connectivity index (χ1v) is 9.14. The number of ether oxygens (including phenoxy) is 2. The van der Waals surface area contributed by atoms with E-state index in [1.165, 1.54) is 26.4 Å². The lowest BCUT2D eigenvalue weighted by Gasteiger charge is -2.02. The lowest BCUT2D eigenvalue weighted by Crippen LogP contribution is -2.20. The molecule has 0 aromatic rings. The zero-order valence-electron chi connectivity index (χ0n) is 17.7. The first kappa shape index (κ1) is 28.8. The lowest BCUT2D eigenvalue weighted by atomic mass is 10.2. The summed E-state index contributed by atoms with van der Waals surface area (Å²) in [6, 6.07) is 0. The van der Waals surface area contributed by atoms with Crippen molar-refractivity contribution in [2.24, 2.45) is 5.92 Å². The van der Waals surface area contributed by atoms with Crippen molar-refractivity contribution >= 4 is 11.9 Å². The van der Waals surface area contributed by atoms with Gasteiger partial charge in [0.05, 0.1) is 25.9 Å². The Morgan fingerprint density at radius 3 is 1.88 bits per heavy atom. The summed E-state index contributed by atoms with van der Waals surface area (Å²) in [6.45, 7) is 16.1. The van der Waals surface area contributed by atoms with Gasteiger partial charge in [-0.2, -0.15) is 0 Å². The number of amides is 1. The van der Waals surface area contributed by atoms with E-state index in [1.54, 1.807) is 34.1 Å². The number of hydrogen-bond donors (Lipinski definition) is 2. The first-order chi connectivity index (χ1) is 12.3. The Kier molecular flexibility index (Phi) is 25.5. The topological polar surface area (TPSA) is 76.7 Å². The number of unbranched alkanes of at least 4 members (excludes halogenated alkanes) is 3. The van der Waals surface area contributed by atoms with Gasteiger partial charge in [0.2, 0.25) is 5.91 Å². The second-order valence-corrected chi connectivity index (χ2v) is 5.83. The second-order valence-electron chi connectivity index (χ2n) is 5.83. The average Bonchev–Trinajstić information content (AvgIpc) is 2.63. The van der Waals surface area contributed by atoms with Gasteiger partial charge in [0.25, 0.3) is 0 Å². The number of carbonyl (C=O) groups is 2. The highest BCUT2D eigenvalue weighted by atomic mass is 16.5. The molecule has 0 saturated carbocycles. The number of rotatable bonds is 11. The molecule has 0 bridgehead atoms. The standard InChI is InChI=1S/C10H20N2O.C5H10O2.C5H10O.2H2/c1-3-11-8-6-4-5-7-9-12-10(2)13;1-4(2)5(6)7-3;1-4-5(2)6-3;;/h3,11H,1,4-9H2,2H3,(H,12,13);4H,1-3H3;2,4H2,1,3H3;2*1H. The highest BCUT2D eigenvalue weighted by Crippen LogP contribution is 1.97. The maximum atomic E-state index is 10.5. The van der Waals surface area contributed by atoms with Crippen LogP contribution in [0.2, 0.25) is 0 Å². The minimum atomic E-state index is -0.153. The van der Waals surface area contributed by atoms with Gasteiger partial charge in [-0.05, 0) is 19.0 Å². The van der Waals surface area contributed by atoms with Gasteiger partial charge in [0, 0.05) is 29.3 Å². The normalized spacial score (nSPS) is 8.88. The maximum absolute atomic E-state index is 10.5. The van der Waals surface area contributed by atoms with Gasteiger partial charge in [0.1, 0.15) is 0 Å². The third-order valence-corrected chi connectivity index (χ3v) is 3.12. The van der Waals surface area contributed by atoms with E-state index in [4.69, 9.17) is 4.74 Å². The maximum Gasteiger partial charge on any atom is 0.308 e. The summed E-state index contributed by atoms with van der Waals surface area (Å²) in [5, 5.41) is 5.83. The lowest BCUT2D eigenvalue weighted by molar-refractivity contribution is -0.144. The summed E-state index contributed by atoms with van der Waals surface area (Å²) in [4.78, 5) is 20.8. The van der Waals surface area contributed by atoms with Crippen LogP contribution in [-0.2, 0) is 19.1 Å². The van der Waals surface area contributed by atoms with Crippen LogP contribution in [0, 0.1) is 5.92 Å². The fourth-order valence-corrected chi connectivity index (χ4v) is 1.45. The van der Waals surface area contributed by atoms with Crippen molar-refractivity contribution in [1.82, 2.24) is 10.6 Å². The molecule has 0 heterocycles. The molecule has 0 fully saturated rings. The molecule has 0 aromatic heterocycles. The van der Waals surface area contributed by atoms with Crippen LogP contribution >= 0.6 is 0 Å². The van der Waals surface area contributed by atoms with E-state index in [0.29, 0.717) is 0 Å². The molecule has 0 aromatic carbocycles. The van der Waals surface area contributed by atoms with Crippen molar-refractivity contribution in [1.29, 1.82) is 0 Å². The molecule has 6 heteroatoms. The predicted molar refractivity (Wildman–Crippen MR) is 113 cm³/mol. The monoisotopic (exact) mass is 376 g/mol. The van der Waals surface area contributed by atoms with Gasteiger partial charge in [-0.3, -0.25) is 9.59 Å². The van der Waals surface area contributed by atoms with Gasteiger partial charge in [-0.1, -0.05) is 46.8 Å². The predicted octanol–water partition coefficient (Wildman–Crippen LogP) is 4.28. The number of methoxy groups -OCH3 is 2. The summed E-state index contributed by atoms with van der Waals surface area (Å²) in [5.41, 5.74) is 0. The summed E-state index contributed by atoms with van der Waals surface area (Å²) in [7, 11) is 3.02. The molecule has 0 aliphatic rings. The number of carbonyl (C=O) groups excluding carboxylic acids is 2. The minimum absolute atomic E-state index is 0. The van der Waals surface area contributed by atoms with E-state index in [1.807, 2.05) is 6.92 Å². The van der Waals surface area contributed by atoms with Crippen molar-refractivity contribution in [3.8, 4) is 0 Å².